The molecule has 0 aliphatic heterocycles. The fourth-order valence-corrected chi connectivity index (χ4v) is 2.87. The van der Waals surface area contributed by atoms with Gasteiger partial charge < -0.3 is 4.98 Å². The molecule has 19 heavy (non-hydrogen) atoms. The molecule has 92 valence electrons. The van der Waals surface area contributed by atoms with Gasteiger partial charge >= 0.3 is 0 Å². The average Bonchev–Trinajstić information content (AvgIpc) is 2.81. The number of H-pyrrole nitrogens is 1. The third kappa shape index (κ3) is 2.43. The predicted molar refractivity (Wildman–Crippen MR) is 76.4 cm³/mol. The molecule has 0 bridgehead atoms. The minimum absolute atomic E-state index is 0.462. The summed E-state index contributed by atoms with van der Waals surface area (Å²) in [4.78, 5) is 8.66. The zero-order valence-electron chi connectivity index (χ0n) is 9.72. The Labute approximate surface area is 119 Å². The molecule has 5 heteroatoms. The van der Waals surface area contributed by atoms with Crippen LogP contribution in [-0.2, 0) is 0 Å². The summed E-state index contributed by atoms with van der Waals surface area (Å²) in [5.41, 5.74) is 2.42. The van der Waals surface area contributed by atoms with Gasteiger partial charge in [0.2, 0.25) is 0 Å². The van der Waals surface area contributed by atoms with Crippen molar-refractivity contribution < 1.29 is 0 Å². The van der Waals surface area contributed by atoms with Crippen LogP contribution in [0, 0.1) is 11.3 Å². The van der Waals surface area contributed by atoms with Crippen LogP contribution in [0.3, 0.4) is 0 Å². The molecule has 2 aromatic carbocycles. The van der Waals surface area contributed by atoms with Crippen LogP contribution in [0.4, 0.5) is 0 Å². The van der Waals surface area contributed by atoms with E-state index in [1.54, 1.807) is 12.1 Å². The van der Waals surface area contributed by atoms with Crippen LogP contribution in [0.2, 0.25) is 5.02 Å². The number of rotatable bonds is 2. The summed E-state index contributed by atoms with van der Waals surface area (Å²) in [6.07, 6.45) is 0. The number of hydrogen-bond acceptors (Lipinski definition) is 3. The lowest BCUT2D eigenvalue weighted by atomic mass is 10.2. The van der Waals surface area contributed by atoms with Crippen LogP contribution in [0.25, 0.3) is 11.0 Å². The molecule has 0 fully saturated rings. The fraction of sp³-hybridized carbons (Fsp3) is 0. The first-order valence-corrected chi connectivity index (χ1v) is 6.78. The highest BCUT2D eigenvalue weighted by atomic mass is 35.5. The molecule has 0 atom stereocenters. The maximum absolute atomic E-state index is 8.83. The zero-order valence-corrected chi connectivity index (χ0v) is 11.3. The van der Waals surface area contributed by atoms with E-state index in [-0.39, 0.29) is 0 Å². The van der Waals surface area contributed by atoms with Gasteiger partial charge in [-0.3, -0.25) is 0 Å². The number of aromatic nitrogens is 2. The maximum atomic E-state index is 8.83. The lowest BCUT2D eigenvalue weighted by Gasteiger charge is -1.99. The highest BCUT2D eigenvalue weighted by Gasteiger charge is 2.06. The molecule has 0 saturated carbocycles. The summed E-state index contributed by atoms with van der Waals surface area (Å²) in [6, 6.07) is 15.3. The molecule has 0 spiro atoms. The summed E-state index contributed by atoms with van der Waals surface area (Å²) in [7, 11) is 0. The number of aromatic amines is 1. The van der Waals surface area contributed by atoms with Gasteiger partial charge in [-0.25, -0.2) is 4.98 Å². The van der Waals surface area contributed by atoms with Crippen LogP contribution in [0.1, 0.15) is 5.56 Å². The molecule has 0 aliphatic carbocycles. The third-order valence-corrected chi connectivity index (χ3v) is 3.83. The number of imidazole rings is 1. The number of para-hydroxylation sites is 2. The monoisotopic (exact) mass is 285 g/mol. The van der Waals surface area contributed by atoms with Gasteiger partial charge in [0.15, 0.2) is 5.16 Å². The first-order chi connectivity index (χ1) is 9.26. The number of nitrogens with one attached hydrogen (secondary N) is 1. The molecule has 3 rings (SSSR count). The summed E-state index contributed by atoms with van der Waals surface area (Å²) in [5, 5.41) is 10.1. The zero-order chi connectivity index (χ0) is 13.2. The largest absolute Gasteiger partial charge is 0.333 e. The summed E-state index contributed by atoms with van der Waals surface area (Å²) in [5.74, 6) is 0. The molecule has 3 aromatic rings. The van der Waals surface area contributed by atoms with Crippen LogP contribution >= 0.6 is 23.4 Å². The second-order valence-corrected chi connectivity index (χ2v) is 5.38. The molecule has 0 saturated heterocycles. The number of nitrogens with zero attached hydrogens (tertiary/aromatic N) is 2. The number of hydrogen-bond donors (Lipinski definition) is 1. The second kappa shape index (κ2) is 4.96. The highest BCUT2D eigenvalue weighted by Crippen LogP contribution is 2.30. The van der Waals surface area contributed by atoms with E-state index in [2.05, 4.69) is 9.97 Å². The first kappa shape index (κ1) is 12.1. The molecular formula is C14H8ClN3S. The standard InChI is InChI=1S/C14H8ClN3S/c15-11-7-10(6-5-9(11)8-16)19-14-17-12-3-1-2-4-13(12)18-14/h1-7H,(H,17,18). The van der Waals surface area contributed by atoms with E-state index in [0.717, 1.165) is 21.1 Å². The van der Waals surface area contributed by atoms with Crippen molar-refractivity contribution in [1.82, 2.24) is 9.97 Å². The van der Waals surface area contributed by atoms with Crippen LogP contribution in [-0.4, -0.2) is 9.97 Å². The fourth-order valence-electron chi connectivity index (χ4n) is 1.74. The van der Waals surface area contributed by atoms with Crippen molar-refractivity contribution >= 4 is 34.4 Å². The average molecular weight is 286 g/mol. The van der Waals surface area contributed by atoms with Gasteiger partial charge in [-0.2, -0.15) is 5.26 Å². The minimum Gasteiger partial charge on any atom is -0.333 e. The molecule has 0 aliphatic rings. The summed E-state index contributed by atoms with van der Waals surface area (Å²) < 4.78 is 0. The van der Waals surface area contributed by atoms with Gasteiger partial charge in [-0.15, -0.1) is 0 Å². The SMILES string of the molecule is N#Cc1ccc(Sc2nc3ccccc3[nH]2)cc1Cl. The summed E-state index contributed by atoms with van der Waals surface area (Å²) >= 11 is 7.49. The van der Waals surface area contributed by atoms with Crippen LogP contribution in [0.15, 0.2) is 52.5 Å². The van der Waals surface area contributed by atoms with E-state index < -0.39 is 0 Å². The van der Waals surface area contributed by atoms with Gasteiger partial charge in [0, 0.05) is 4.90 Å². The van der Waals surface area contributed by atoms with E-state index >= 15 is 0 Å². The molecular weight excluding hydrogens is 278 g/mol. The molecule has 0 amide bonds. The van der Waals surface area contributed by atoms with E-state index in [1.165, 1.54) is 11.8 Å². The Bertz CT molecular complexity index is 756. The van der Waals surface area contributed by atoms with E-state index in [9.17, 15) is 0 Å². The molecule has 3 nitrogen and oxygen atoms in total. The second-order valence-electron chi connectivity index (χ2n) is 3.91. The number of fused-ring (bicyclic) bond motifs is 1. The Hall–Kier alpha value is -1.96. The molecule has 0 radical (unpaired) electrons. The molecule has 1 aromatic heterocycles. The molecule has 1 heterocycles. The van der Waals surface area contributed by atoms with Crippen molar-refractivity contribution in [1.29, 1.82) is 5.26 Å². The van der Waals surface area contributed by atoms with Crippen LogP contribution in [0.5, 0.6) is 0 Å². The predicted octanol–water partition coefficient (Wildman–Crippen LogP) is 4.24. The van der Waals surface area contributed by atoms with Crippen molar-refractivity contribution in [3.8, 4) is 6.07 Å². The minimum atomic E-state index is 0.462. The maximum Gasteiger partial charge on any atom is 0.171 e. The Kier molecular flexibility index (Phi) is 3.16. The van der Waals surface area contributed by atoms with Crippen LogP contribution < -0.4 is 0 Å². The molecule has 0 unspecified atom stereocenters. The Morgan fingerprint density at radius 1 is 1.21 bits per heavy atom. The van der Waals surface area contributed by atoms with Gasteiger partial charge in [-0.05, 0) is 30.3 Å². The first-order valence-electron chi connectivity index (χ1n) is 5.58. The van der Waals surface area contributed by atoms with Gasteiger partial charge in [0.05, 0.1) is 21.6 Å². The van der Waals surface area contributed by atoms with Crippen molar-refractivity contribution in [2.24, 2.45) is 0 Å². The van der Waals surface area contributed by atoms with Gasteiger partial charge in [0.25, 0.3) is 0 Å². The van der Waals surface area contributed by atoms with Gasteiger partial charge in [-0.1, -0.05) is 35.5 Å². The number of halogens is 1. The molecule has 1 N–H and O–H groups in total. The summed E-state index contributed by atoms with van der Waals surface area (Å²) in [6.45, 7) is 0. The number of nitriles is 1. The van der Waals surface area contributed by atoms with Crippen molar-refractivity contribution in [2.45, 2.75) is 10.1 Å². The smallest absolute Gasteiger partial charge is 0.171 e. The normalized spacial score (nSPS) is 10.5. The Morgan fingerprint density at radius 3 is 2.79 bits per heavy atom. The Morgan fingerprint density at radius 2 is 2.05 bits per heavy atom. The lowest BCUT2D eigenvalue weighted by molar-refractivity contribution is 1.08. The van der Waals surface area contributed by atoms with E-state index in [4.69, 9.17) is 16.9 Å². The van der Waals surface area contributed by atoms with Crippen molar-refractivity contribution in [3.05, 3.63) is 53.1 Å². The highest BCUT2D eigenvalue weighted by molar-refractivity contribution is 7.99. The van der Waals surface area contributed by atoms with Crippen molar-refractivity contribution in [3.63, 3.8) is 0 Å². The van der Waals surface area contributed by atoms with Crippen molar-refractivity contribution in [2.75, 3.05) is 0 Å². The lowest BCUT2D eigenvalue weighted by Crippen LogP contribution is -1.80. The van der Waals surface area contributed by atoms with E-state index in [1.807, 2.05) is 36.4 Å². The number of benzene rings is 2. The third-order valence-electron chi connectivity index (χ3n) is 2.64. The Balaban J connectivity index is 1.92. The topological polar surface area (TPSA) is 52.5 Å². The van der Waals surface area contributed by atoms with Gasteiger partial charge in [0.1, 0.15) is 6.07 Å². The quantitative estimate of drug-likeness (QED) is 0.766. The van der Waals surface area contributed by atoms with E-state index in [0.29, 0.717) is 10.6 Å².